The Morgan fingerprint density at radius 3 is 2.35 bits per heavy atom. The average molecular weight is 332 g/mol. The molecule has 0 bridgehead atoms. The van der Waals surface area contributed by atoms with E-state index >= 15 is 0 Å². The van der Waals surface area contributed by atoms with Crippen molar-refractivity contribution >= 4 is 17.4 Å². The summed E-state index contributed by atoms with van der Waals surface area (Å²) in [6.07, 6.45) is 0. The number of hydrogen-bond acceptors (Lipinski definition) is 5. The van der Waals surface area contributed by atoms with E-state index in [2.05, 4.69) is 17.1 Å². The van der Waals surface area contributed by atoms with E-state index in [-0.39, 0.29) is 5.84 Å². The molecule has 3 rings (SSSR count). The minimum Gasteiger partial charge on any atom is -0.317 e. The van der Waals surface area contributed by atoms with Crippen molar-refractivity contribution < 1.29 is 14.5 Å². The number of fused-ring (bicyclic) bond motifs is 1. The molecule has 23 heavy (non-hydrogen) atoms. The molecule has 1 fully saturated rings. The third kappa shape index (κ3) is 1.27. The fraction of sp³-hybridized carbons (Fsp3) is 0.438. The molecular formula is C16H16ClN4O2+. The number of nitrogens with zero attached hydrogens (tertiary/aromatic N) is 2. The van der Waals surface area contributed by atoms with E-state index in [4.69, 9.17) is 26.8 Å². The van der Waals surface area contributed by atoms with Crippen LogP contribution in [0.1, 0.15) is 12.5 Å². The second-order valence-corrected chi connectivity index (χ2v) is 6.36. The third-order valence-electron chi connectivity index (χ3n) is 5.51. The summed E-state index contributed by atoms with van der Waals surface area (Å²) < 4.78 is 11.0. The Morgan fingerprint density at radius 2 is 1.87 bits per heavy atom. The highest BCUT2D eigenvalue weighted by Gasteiger charge is 3.02. The van der Waals surface area contributed by atoms with Gasteiger partial charge in [0.15, 0.2) is 10.8 Å². The number of rotatable bonds is 3. The summed E-state index contributed by atoms with van der Waals surface area (Å²) >= 11 is 6.11. The van der Waals surface area contributed by atoms with E-state index in [0.717, 1.165) is 5.56 Å². The van der Waals surface area contributed by atoms with Gasteiger partial charge in [-0.15, -0.1) is 0 Å². The molecule has 0 radical (unpaired) electrons. The maximum Gasteiger partial charge on any atom is 0.343 e. The SMILES string of the molecule is COC1(OC)[NH+]=C(N)[C@@]2(C#N)[C@](C)(c3cccc(Cl)c3)[C@@]12C#N. The lowest BCUT2D eigenvalue weighted by molar-refractivity contribution is -0.688. The number of hydrogen-bond donors (Lipinski definition) is 2. The number of nitriles is 2. The predicted octanol–water partition coefficient (Wildman–Crippen LogP) is 0.0293. The Balaban J connectivity index is 2.36. The van der Waals surface area contributed by atoms with Crippen molar-refractivity contribution in [2.24, 2.45) is 16.6 Å². The van der Waals surface area contributed by atoms with Gasteiger partial charge < -0.3 is 9.47 Å². The molecule has 3 atom stereocenters. The number of methoxy groups -OCH3 is 2. The minimum atomic E-state index is -1.52. The lowest BCUT2D eigenvalue weighted by Gasteiger charge is -2.30. The monoisotopic (exact) mass is 331 g/mol. The summed E-state index contributed by atoms with van der Waals surface area (Å²) in [5.41, 5.74) is 3.31. The fourth-order valence-electron chi connectivity index (χ4n) is 4.38. The Hall–Kier alpha value is -2.12. The first-order valence-electron chi connectivity index (χ1n) is 6.97. The molecule has 0 aromatic heterocycles. The van der Waals surface area contributed by atoms with Crippen LogP contribution >= 0.6 is 11.6 Å². The molecular weight excluding hydrogens is 316 g/mol. The molecule has 0 saturated heterocycles. The molecule has 1 aromatic rings. The highest BCUT2D eigenvalue weighted by Crippen LogP contribution is 2.82. The molecule has 118 valence electrons. The smallest absolute Gasteiger partial charge is 0.317 e. The Bertz CT molecular complexity index is 807. The van der Waals surface area contributed by atoms with Crippen molar-refractivity contribution in [2.45, 2.75) is 18.2 Å². The van der Waals surface area contributed by atoms with Gasteiger partial charge in [0.1, 0.15) is 0 Å². The number of amidine groups is 1. The van der Waals surface area contributed by atoms with Crippen LogP contribution in [-0.2, 0) is 14.9 Å². The van der Waals surface area contributed by atoms with Gasteiger partial charge in [0.25, 0.3) is 5.84 Å². The van der Waals surface area contributed by atoms with Crippen molar-refractivity contribution in [3.05, 3.63) is 34.9 Å². The van der Waals surface area contributed by atoms with Gasteiger partial charge in [-0.2, -0.15) is 10.5 Å². The van der Waals surface area contributed by atoms with Crippen molar-refractivity contribution in [3.8, 4) is 12.1 Å². The van der Waals surface area contributed by atoms with Crippen LogP contribution < -0.4 is 10.7 Å². The first-order valence-corrected chi connectivity index (χ1v) is 7.35. The standard InChI is InChI=1S/C16H15ClN4O2/c1-13(10-5-4-6-11(17)7-10)14(8-18)12(20)21-16(22-2,23-3)15(13,14)9-19/h4-7H,1-3H3,(H2,20,21)/p+1/t13-,14-,15+/m0/s1. The van der Waals surface area contributed by atoms with Crippen LogP contribution in [0.15, 0.2) is 24.3 Å². The van der Waals surface area contributed by atoms with Gasteiger partial charge in [-0.25, -0.2) is 4.99 Å². The van der Waals surface area contributed by atoms with E-state index < -0.39 is 22.2 Å². The van der Waals surface area contributed by atoms with Gasteiger partial charge >= 0.3 is 5.91 Å². The van der Waals surface area contributed by atoms with Gasteiger partial charge in [-0.3, -0.25) is 5.73 Å². The van der Waals surface area contributed by atoms with Gasteiger partial charge in [-0.1, -0.05) is 30.7 Å². The molecule has 2 aliphatic rings. The fourth-order valence-corrected chi connectivity index (χ4v) is 4.57. The molecule has 1 heterocycles. The first kappa shape index (κ1) is 15.8. The first-order chi connectivity index (χ1) is 10.9. The molecule has 7 heteroatoms. The van der Waals surface area contributed by atoms with E-state index in [1.165, 1.54) is 14.2 Å². The van der Waals surface area contributed by atoms with Crippen LogP contribution in [0.5, 0.6) is 0 Å². The van der Waals surface area contributed by atoms with Gasteiger partial charge in [0.2, 0.25) is 0 Å². The zero-order chi connectivity index (χ0) is 17.1. The lowest BCUT2D eigenvalue weighted by Crippen LogP contribution is -2.91. The van der Waals surface area contributed by atoms with Crippen LogP contribution in [-0.4, -0.2) is 26.0 Å². The van der Waals surface area contributed by atoms with Crippen molar-refractivity contribution in [3.63, 3.8) is 0 Å². The van der Waals surface area contributed by atoms with E-state index in [9.17, 15) is 10.5 Å². The molecule has 6 nitrogen and oxygen atoms in total. The second kappa shape index (κ2) is 4.46. The molecule has 1 aliphatic heterocycles. The molecule has 1 aromatic carbocycles. The largest absolute Gasteiger partial charge is 0.343 e. The Morgan fingerprint density at radius 1 is 1.22 bits per heavy atom. The molecule has 0 unspecified atom stereocenters. The Labute approximate surface area is 139 Å². The maximum atomic E-state index is 10.0. The van der Waals surface area contributed by atoms with Crippen molar-refractivity contribution in [2.75, 3.05) is 14.2 Å². The predicted molar refractivity (Wildman–Crippen MR) is 81.8 cm³/mol. The van der Waals surface area contributed by atoms with Gasteiger partial charge in [-0.05, 0) is 17.7 Å². The van der Waals surface area contributed by atoms with Crippen molar-refractivity contribution in [1.29, 1.82) is 10.5 Å². The summed E-state index contributed by atoms with van der Waals surface area (Å²) in [7, 11) is 2.82. The van der Waals surface area contributed by atoms with E-state index in [1.807, 2.05) is 13.0 Å². The summed E-state index contributed by atoms with van der Waals surface area (Å²) in [5.74, 6) is -1.36. The highest BCUT2D eigenvalue weighted by molar-refractivity contribution is 6.30. The topological polar surface area (TPSA) is 106 Å². The quantitative estimate of drug-likeness (QED) is 0.760. The summed E-state index contributed by atoms with van der Waals surface area (Å²) in [6.45, 7) is 1.81. The van der Waals surface area contributed by atoms with Crippen LogP contribution in [0.25, 0.3) is 0 Å². The zero-order valence-corrected chi connectivity index (χ0v) is 13.7. The highest BCUT2D eigenvalue weighted by atomic mass is 35.5. The summed E-state index contributed by atoms with van der Waals surface area (Å²) in [4.78, 5) is 2.86. The zero-order valence-electron chi connectivity index (χ0n) is 13.0. The lowest BCUT2D eigenvalue weighted by atomic mass is 9.84. The van der Waals surface area contributed by atoms with Crippen LogP contribution in [0, 0.1) is 33.5 Å². The van der Waals surface area contributed by atoms with Crippen LogP contribution in [0.4, 0.5) is 0 Å². The molecule has 1 saturated carbocycles. The van der Waals surface area contributed by atoms with E-state index in [0.29, 0.717) is 5.02 Å². The number of nitrogens with one attached hydrogen (secondary N) is 1. The summed E-state index contributed by atoms with van der Waals surface area (Å²) in [5, 5.41) is 20.5. The molecule has 0 amide bonds. The minimum absolute atomic E-state index is 0.160. The molecule has 0 spiro atoms. The van der Waals surface area contributed by atoms with E-state index in [1.54, 1.807) is 18.2 Å². The third-order valence-corrected chi connectivity index (χ3v) is 5.74. The second-order valence-electron chi connectivity index (χ2n) is 5.92. The maximum absolute atomic E-state index is 10.0. The average Bonchev–Trinajstić information content (AvgIpc) is 2.97. The van der Waals surface area contributed by atoms with Crippen LogP contribution in [0.3, 0.4) is 0 Å². The number of halogens is 1. The van der Waals surface area contributed by atoms with Crippen molar-refractivity contribution in [1.82, 2.24) is 0 Å². The van der Waals surface area contributed by atoms with Gasteiger partial charge in [0.05, 0.1) is 17.6 Å². The number of ether oxygens (including phenoxy) is 2. The number of benzene rings is 1. The summed E-state index contributed by atoms with van der Waals surface area (Å²) in [6, 6.07) is 11.6. The molecule has 1 aliphatic carbocycles. The van der Waals surface area contributed by atoms with Gasteiger partial charge in [0, 0.05) is 19.2 Å². The molecule has 3 N–H and O–H groups in total. The van der Waals surface area contributed by atoms with Crippen LogP contribution in [0.2, 0.25) is 5.02 Å². The number of nitrogens with two attached hydrogens (primary N) is 1. The Kier molecular flexibility index (Phi) is 3.05. The normalized spacial score (nSPS) is 36.5.